The molecule has 2 aromatic rings. The number of fused-ring (bicyclic) bond motifs is 1. The van der Waals surface area contributed by atoms with Crippen LogP contribution in [0.25, 0.3) is 0 Å². The minimum atomic E-state index is -0.0928. The summed E-state index contributed by atoms with van der Waals surface area (Å²) in [5.74, 6) is 0.216. The summed E-state index contributed by atoms with van der Waals surface area (Å²) in [6.07, 6.45) is 0.798. The number of hydrogen-bond donors (Lipinski definition) is 1. The normalized spacial score (nSPS) is 17.6. The number of benzene rings is 1. The maximum Gasteiger partial charge on any atom is 0.195 e. The first-order chi connectivity index (χ1) is 8.25. The monoisotopic (exact) mass is 243 g/mol. The maximum atomic E-state index is 12.3. The molecule has 0 bridgehead atoms. The summed E-state index contributed by atoms with van der Waals surface area (Å²) >= 11 is 1.53. The highest BCUT2D eigenvalue weighted by molar-refractivity contribution is 7.12. The third kappa shape index (κ3) is 1.76. The van der Waals surface area contributed by atoms with Crippen LogP contribution in [0.5, 0.6) is 0 Å². The molecule has 0 saturated carbocycles. The second-order valence-corrected chi connectivity index (χ2v) is 5.27. The van der Waals surface area contributed by atoms with E-state index in [4.69, 9.17) is 0 Å². The summed E-state index contributed by atoms with van der Waals surface area (Å²) in [5, 5.41) is 5.28. The summed E-state index contributed by atoms with van der Waals surface area (Å²) < 4.78 is 0. The van der Waals surface area contributed by atoms with Crippen LogP contribution < -0.4 is 5.32 Å². The Kier molecular flexibility index (Phi) is 2.48. The number of hydrogen-bond acceptors (Lipinski definition) is 3. The molecule has 1 aromatic carbocycles. The van der Waals surface area contributed by atoms with Crippen molar-refractivity contribution in [2.24, 2.45) is 0 Å². The van der Waals surface area contributed by atoms with Crippen LogP contribution in [-0.2, 0) is 6.42 Å². The van der Waals surface area contributed by atoms with Crippen LogP contribution in [0.2, 0.25) is 0 Å². The first-order valence-electron chi connectivity index (χ1n) is 5.68. The zero-order valence-corrected chi connectivity index (χ0v) is 10.4. The molecule has 1 unspecified atom stereocenters. The van der Waals surface area contributed by atoms with E-state index in [0.29, 0.717) is 0 Å². The van der Waals surface area contributed by atoms with Crippen LogP contribution in [0.3, 0.4) is 0 Å². The van der Waals surface area contributed by atoms with Gasteiger partial charge in [0, 0.05) is 12.1 Å². The summed E-state index contributed by atoms with van der Waals surface area (Å²) in [5.41, 5.74) is 3.41. The molecule has 0 amide bonds. The van der Waals surface area contributed by atoms with Gasteiger partial charge in [0.05, 0.1) is 10.9 Å². The molecule has 0 spiro atoms. The second-order valence-electron chi connectivity index (χ2n) is 4.36. The molecular weight excluding hydrogens is 230 g/mol. The number of aryl methyl sites for hydroxylation is 1. The van der Waals surface area contributed by atoms with Crippen LogP contribution >= 0.6 is 11.3 Å². The SMILES string of the molecule is Cc1ccsc1C(=O)C1Cc2ccccc2N1. The Hall–Kier alpha value is -1.61. The van der Waals surface area contributed by atoms with Gasteiger partial charge in [-0.3, -0.25) is 4.79 Å². The van der Waals surface area contributed by atoms with Crippen molar-refractivity contribution in [3.63, 3.8) is 0 Å². The van der Waals surface area contributed by atoms with Crippen molar-refractivity contribution >= 4 is 22.8 Å². The van der Waals surface area contributed by atoms with Gasteiger partial charge in [0.2, 0.25) is 0 Å². The highest BCUT2D eigenvalue weighted by atomic mass is 32.1. The van der Waals surface area contributed by atoms with E-state index in [9.17, 15) is 4.79 Å². The average molecular weight is 243 g/mol. The Morgan fingerprint density at radius 1 is 1.35 bits per heavy atom. The van der Waals surface area contributed by atoms with E-state index in [1.54, 1.807) is 0 Å². The number of rotatable bonds is 2. The van der Waals surface area contributed by atoms with Gasteiger partial charge in [-0.2, -0.15) is 0 Å². The molecule has 2 nitrogen and oxygen atoms in total. The van der Waals surface area contributed by atoms with Gasteiger partial charge >= 0.3 is 0 Å². The number of ketones is 1. The zero-order valence-electron chi connectivity index (χ0n) is 9.57. The Labute approximate surface area is 104 Å². The Balaban J connectivity index is 1.86. The highest BCUT2D eigenvalue weighted by Crippen LogP contribution is 2.28. The largest absolute Gasteiger partial charge is 0.374 e. The molecule has 86 valence electrons. The highest BCUT2D eigenvalue weighted by Gasteiger charge is 2.28. The number of nitrogens with one attached hydrogen (secondary N) is 1. The lowest BCUT2D eigenvalue weighted by Gasteiger charge is -2.09. The molecule has 2 heterocycles. The number of anilines is 1. The minimum Gasteiger partial charge on any atom is -0.374 e. The number of Topliss-reactive ketones (excluding diaryl/α,β-unsaturated/α-hetero) is 1. The van der Waals surface area contributed by atoms with Gasteiger partial charge in [-0.05, 0) is 35.6 Å². The van der Waals surface area contributed by atoms with Crippen molar-refractivity contribution < 1.29 is 4.79 Å². The molecule has 1 atom stereocenters. The van der Waals surface area contributed by atoms with E-state index in [2.05, 4.69) is 11.4 Å². The van der Waals surface area contributed by atoms with E-state index >= 15 is 0 Å². The lowest BCUT2D eigenvalue weighted by Crippen LogP contribution is -2.26. The van der Waals surface area contributed by atoms with Crippen molar-refractivity contribution in [3.05, 3.63) is 51.7 Å². The van der Waals surface area contributed by atoms with Gasteiger partial charge in [-0.15, -0.1) is 11.3 Å². The fourth-order valence-corrected chi connectivity index (χ4v) is 3.16. The molecule has 1 aliphatic rings. The molecule has 3 heteroatoms. The summed E-state index contributed by atoms with van der Waals surface area (Å²) in [6, 6.07) is 10.0. The molecule has 17 heavy (non-hydrogen) atoms. The van der Waals surface area contributed by atoms with Crippen LogP contribution in [0.4, 0.5) is 5.69 Å². The van der Waals surface area contributed by atoms with Crippen LogP contribution in [0, 0.1) is 6.92 Å². The Morgan fingerprint density at radius 2 is 2.18 bits per heavy atom. The molecule has 0 radical (unpaired) electrons. The fourth-order valence-electron chi connectivity index (χ4n) is 2.24. The quantitative estimate of drug-likeness (QED) is 0.820. The predicted molar refractivity (Wildman–Crippen MR) is 70.9 cm³/mol. The molecular formula is C14H13NOS. The van der Waals surface area contributed by atoms with E-state index in [-0.39, 0.29) is 11.8 Å². The molecule has 0 fully saturated rings. The van der Waals surface area contributed by atoms with E-state index in [0.717, 1.165) is 22.5 Å². The van der Waals surface area contributed by atoms with Gasteiger partial charge in [0.15, 0.2) is 5.78 Å². The Morgan fingerprint density at radius 3 is 2.88 bits per heavy atom. The summed E-state index contributed by atoms with van der Waals surface area (Å²) in [6.45, 7) is 1.99. The molecule has 0 aliphatic carbocycles. The summed E-state index contributed by atoms with van der Waals surface area (Å²) in [7, 11) is 0. The average Bonchev–Trinajstić information content (AvgIpc) is 2.93. The third-order valence-electron chi connectivity index (χ3n) is 3.17. The number of thiophene rings is 1. The van der Waals surface area contributed by atoms with E-state index < -0.39 is 0 Å². The second kappa shape index (κ2) is 4.00. The van der Waals surface area contributed by atoms with Crippen molar-refractivity contribution in [2.45, 2.75) is 19.4 Å². The smallest absolute Gasteiger partial charge is 0.195 e. The molecule has 1 aliphatic heterocycles. The van der Waals surface area contributed by atoms with Gasteiger partial charge in [0.1, 0.15) is 0 Å². The van der Waals surface area contributed by atoms with Crippen LogP contribution in [0.1, 0.15) is 20.8 Å². The fraction of sp³-hybridized carbons (Fsp3) is 0.214. The van der Waals surface area contributed by atoms with E-state index in [1.165, 1.54) is 16.9 Å². The number of carbonyl (C=O) groups is 1. The standard InChI is InChI=1S/C14H13NOS/c1-9-6-7-17-14(9)13(16)12-8-10-4-2-3-5-11(10)15-12/h2-7,12,15H,8H2,1H3. The first kappa shape index (κ1) is 10.5. The predicted octanol–water partition coefficient (Wildman–Crippen LogP) is 3.28. The lowest BCUT2D eigenvalue weighted by molar-refractivity contribution is 0.0975. The number of carbonyl (C=O) groups excluding carboxylic acids is 1. The van der Waals surface area contributed by atoms with Crippen molar-refractivity contribution in [1.29, 1.82) is 0 Å². The van der Waals surface area contributed by atoms with Crippen molar-refractivity contribution in [2.75, 3.05) is 5.32 Å². The molecule has 1 N–H and O–H groups in total. The van der Waals surface area contributed by atoms with E-state index in [1.807, 2.05) is 36.6 Å². The van der Waals surface area contributed by atoms with Crippen molar-refractivity contribution in [1.82, 2.24) is 0 Å². The Bertz CT molecular complexity index is 548. The minimum absolute atomic E-state index is 0.0928. The van der Waals surface area contributed by atoms with Gasteiger partial charge in [-0.1, -0.05) is 18.2 Å². The van der Waals surface area contributed by atoms with Gasteiger partial charge < -0.3 is 5.32 Å². The first-order valence-corrected chi connectivity index (χ1v) is 6.56. The molecule has 1 aromatic heterocycles. The zero-order chi connectivity index (χ0) is 11.8. The van der Waals surface area contributed by atoms with Crippen LogP contribution in [0.15, 0.2) is 35.7 Å². The molecule has 0 saturated heterocycles. The lowest BCUT2D eigenvalue weighted by atomic mass is 10.0. The van der Waals surface area contributed by atoms with Crippen molar-refractivity contribution in [3.8, 4) is 0 Å². The summed E-state index contributed by atoms with van der Waals surface area (Å²) in [4.78, 5) is 13.2. The maximum absolute atomic E-state index is 12.3. The topological polar surface area (TPSA) is 29.1 Å². The van der Waals surface area contributed by atoms with Crippen LogP contribution in [-0.4, -0.2) is 11.8 Å². The molecule has 3 rings (SSSR count). The third-order valence-corrected chi connectivity index (χ3v) is 4.20. The van der Waals surface area contributed by atoms with Gasteiger partial charge in [0.25, 0.3) is 0 Å². The van der Waals surface area contributed by atoms with Gasteiger partial charge in [-0.25, -0.2) is 0 Å². The number of para-hydroxylation sites is 1.